The Morgan fingerprint density at radius 3 is 2.65 bits per heavy atom. The van der Waals surface area contributed by atoms with Crippen molar-refractivity contribution in [3.05, 3.63) is 17.5 Å². The van der Waals surface area contributed by atoms with E-state index in [1.165, 1.54) is 24.2 Å². The Morgan fingerprint density at radius 2 is 2.05 bits per heavy atom. The molecule has 2 aromatic rings. The first-order chi connectivity index (χ1) is 9.44. The largest absolute Gasteiger partial charge is 0.391 e. The van der Waals surface area contributed by atoms with Crippen molar-refractivity contribution >= 4 is 16.3 Å². The average Bonchev–Trinajstić information content (AvgIpc) is 2.96. The van der Waals surface area contributed by atoms with Gasteiger partial charge < -0.3 is 10.3 Å². The Hall–Kier alpha value is -1.36. The van der Waals surface area contributed by atoms with Crippen LogP contribution in [0.25, 0.3) is 10.8 Å². The van der Waals surface area contributed by atoms with E-state index in [1.54, 1.807) is 0 Å². The molecule has 0 saturated heterocycles. The third kappa shape index (κ3) is 2.59. The van der Waals surface area contributed by atoms with E-state index in [-0.39, 0.29) is 0 Å². The molecule has 1 aliphatic rings. The average molecular weight is 291 g/mol. The smallest absolute Gasteiger partial charge is 0.268 e. The van der Waals surface area contributed by atoms with Crippen molar-refractivity contribution in [2.45, 2.75) is 52.4 Å². The van der Waals surface area contributed by atoms with Crippen molar-refractivity contribution < 1.29 is 4.52 Å². The molecule has 1 fully saturated rings. The molecule has 0 atom stereocenters. The summed E-state index contributed by atoms with van der Waals surface area (Å²) in [4.78, 5) is 5.60. The summed E-state index contributed by atoms with van der Waals surface area (Å²) in [5.74, 6) is 1.92. The van der Waals surface area contributed by atoms with Crippen LogP contribution >= 0.6 is 11.3 Å². The van der Waals surface area contributed by atoms with Gasteiger partial charge >= 0.3 is 0 Å². The molecular formula is C15H21N3OS. The summed E-state index contributed by atoms with van der Waals surface area (Å²) in [5, 5.41) is 4.98. The van der Waals surface area contributed by atoms with Crippen molar-refractivity contribution in [1.82, 2.24) is 10.1 Å². The molecule has 1 saturated carbocycles. The fourth-order valence-electron chi connectivity index (χ4n) is 2.87. The minimum absolute atomic E-state index is 0.443. The molecule has 0 unspecified atom stereocenters. The van der Waals surface area contributed by atoms with Crippen LogP contribution < -0.4 is 5.73 Å². The van der Waals surface area contributed by atoms with Gasteiger partial charge in [0.25, 0.3) is 5.89 Å². The highest BCUT2D eigenvalue weighted by Gasteiger charge is 2.30. The highest BCUT2D eigenvalue weighted by atomic mass is 32.1. The molecule has 2 aromatic heterocycles. The molecular weight excluding hydrogens is 270 g/mol. The molecule has 2 heterocycles. The van der Waals surface area contributed by atoms with Gasteiger partial charge in [0.2, 0.25) is 0 Å². The second-order valence-corrected chi connectivity index (χ2v) is 7.64. The Balaban J connectivity index is 1.79. The number of rotatable bonds is 2. The summed E-state index contributed by atoms with van der Waals surface area (Å²) in [6.07, 6.45) is 4.76. The lowest BCUT2D eigenvalue weighted by molar-refractivity contribution is 0.218. The lowest BCUT2D eigenvalue weighted by atomic mass is 9.73. The van der Waals surface area contributed by atoms with E-state index in [9.17, 15) is 0 Å². The molecule has 5 heteroatoms. The van der Waals surface area contributed by atoms with E-state index in [1.807, 2.05) is 13.0 Å². The van der Waals surface area contributed by atoms with Crippen LogP contribution in [0.4, 0.5) is 5.00 Å². The van der Waals surface area contributed by atoms with Gasteiger partial charge in [-0.05, 0) is 49.7 Å². The number of thiophene rings is 1. The molecule has 0 aliphatic heterocycles. The van der Waals surface area contributed by atoms with E-state index in [0.717, 1.165) is 34.1 Å². The maximum atomic E-state index is 5.82. The van der Waals surface area contributed by atoms with Gasteiger partial charge in [0.15, 0.2) is 5.82 Å². The van der Waals surface area contributed by atoms with Gasteiger partial charge in [-0.2, -0.15) is 4.98 Å². The van der Waals surface area contributed by atoms with Crippen molar-refractivity contribution in [2.24, 2.45) is 5.41 Å². The number of nitrogen functional groups attached to an aromatic ring is 1. The predicted molar refractivity (Wildman–Crippen MR) is 81.8 cm³/mol. The zero-order valence-corrected chi connectivity index (χ0v) is 13.1. The highest BCUT2D eigenvalue weighted by molar-refractivity contribution is 7.19. The Bertz CT molecular complexity index is 604. The monoisotopic (exact) mass is 291 g/mol. The normalized spacial score (nSPS) is 19.4. The molecule has 0 radical (unpaired) electrons. The summed E-state index contributed by atoms with van der Waals surface area (Å²) >= 11 is 1.51. The standard InChI is InChI=1S/C15H21N3OS/c1-9-8-11(16)20-12(9)14-17-13(18-19-14)10-4-6-15(2,3)7-5-10/h8,10H,4-7,16H2,1-3H3. The molecule has 3 rings (SSSR count). The minimum Gasteiger partial charge on any atom is -0.391 e. The molecule has 0 amide bonds. The maximum Gasteiger partial charge on any atom is 0.268 e. The van der Waals surface area contributed by atoms with E-state index < -0.39 is 0 Å². The van der Waals surface area contributed by atoms with Crippen molar-refractivity contribution in [3.8, 4) is 10.8 Å². The summed E-state index contributed by atoms with van der Waals surface area (Å²) in [7, 11) is 0. The molecule has 0 spiro atoms. The van der Waals surface area contributed by atoms with Gasteiger partial charge in [0, 0.05) is 5.92 Å². The van der Waals surface area contributed by atoms with Crippen molar-refractivity contribution in [3.63, 3.8) is 0 Å². The molecule has 2 N–H and O–H groups in total. The number of nitrogens with zero attached hydrogens (tertiary/aromatic N) is 2. The van der Waals surface area contributed by atoms with E-state index in [0.29, 0.717) is 17.2 Å². The second-order valence-electron chi connectivity index (χ2n) is 6.56. The molecule has 4 nitrogen and oxygen atoms in total. The molecule has 1 aliphatic carbocycles. The number of hydrogen-bond donors (Lipinski definition) is 1. The summed E-state index contributed by atoms with van der Waals surface area (Å²) < 4.78 is 5.44. The zero-order chi connectivity index (χ0) is 14.3. The van der Waals surface area contributed by atoms with Crippen LogP contribution in [0.15, 0.2) is 10.6 Å². The van der Waals surface area contributed by atoms with Gasteiger partial charge in [-0.15, -0.1) is 11.3 Å². The summed E-state index contributed by atoms with van der Waals surface area (Å²) in [6.45, 7) is 6.69. The van der Waals surface area contributed by atoms with Crippen LogP contribution in [0.5, 0.6) is 0 Å². The summed E-state index contributed by atoms with van der Waals surface area (Å²) in [5.41, 5.74) is 7.39. The topological polar surface area (TPSA) is 64.9 Å². The molecule has 0 aromatic carbocycles. The number of aromatic nitrogens is 2. The van der Waals surface area contributed by atoms with Crippen molar-refractivity contribution in [2.75, 3.05) is 5.73 Å². The molecule has 0 bridgehead atoms. The third-order valence-electron chi connectivity index (χ3n) is 4.28. The van der Waals surface area contributed by atoms with Crippen LogP contribution in [-0.2, 0) is 0 Å². The Morgan fingerprint density at radius 1 is 1.35 bits per heavy atom. The van der Waals surface area contributed by atoms with E-state index in [4.69, 9.17) is 10.3 Å². The van der Waals surface area contributed by atoms with Gasteiger partial charge in [0.1, 0.15) is 0 Å². The number of nitrogens with two attached hydrogens (primary N) is 1. The lowest BCUT2D eigenvalue weighted by Gasteiger charge is -2.32. The predicted octanol–water partition coefficient (Wildman–Crippen LogP) is 4.37. The van der Waals surface area contributed by atoms with E-state index in [2.05, 4.69) is 24.0 Å². The molecule has 20 heavy (non-hydrogen) atoms. The third-order valence-corrected chi connectivity index (χ3v) is 5.33. The Labute approximate surface area is 123 Å². The molecule has 108 valence electrons. The van der Waals surface area contributed by atoms with Gasteiger partial charge in [0.05, 0.1) is 9.88 Å². The zero-order valence-electron chi connectivity index (χ0n) is 12.3. The number of anilines is 1. The van der Waals surface area contributed by atoms with Crippen LogP contribution in [0.3, 0.4) is 0 Å². The second kappa shape index (κ2) is 4.88. The van der Waals surface area contributed by atoms with Gasteiger partial charge in [-0.3, -0.25) is 0 Å². The van der Waals surface area contributed by atoms with Crippen LogP contribution in [0.1, 0.15) is 56.8 Å². The van der Waals surface area contributed by atoms with Crippen LogP contribution in [0, 0.1) is 12.3 Å². The van der Waals surface area contributed by atoms with E-state index >= 15 is 0 Å². The maximum absolute atomic E-state index is 5.82. The van der Waals surface area contributed by atoms with Gasteiger partial charge in [-0.25, -0.2) is 0 Å². The van der Waals surface area contributed by atoms with Crippen LogP contribution in [-0.4, -0.2) is 10.1 Å². The Kier molecular flexibility index (Phi) is 3.32. The minimum atomic E-state index is 0.443. The highest BCUT2D eigenvalue weighted by Crippen LogP contribution is 2.42. The SMILES string of the molecule is Cc1cc(N)sc1-c1nc(C2CCC(C)(C)CC2)no1. The first-order valence-electron chi connectivity index (χ1n) is 7.14. The first kappa shape index (κ1) is 13.6. The quantitative estimate of drug-likeness (QED) is 0.892. The van der Waals surface area contributed by atoms with Crippen molar-refractivity contribution in [1.29, 1.82) is 0 Å². The fourth-order valence-corrected chi connectivity index (χ4v) is 3.73. The summed E-state index contributed by atoms with van der Waals surface area (Å²) in [6, 6.07) is 1.95. The van der Waals surface area contributed by atoms with Crippen LogP contribution in [0.2, 0.25) is 0 Å². The lowest BCUT2D eigenvalue weighted by Crippen LogP contribution is -2.20. The fraction of sp³-hybridized carbons (Fsp3) is 0.600. The first-order valence-corrected chi connectivity index (χ1v) is 7.96. The van der Waals surface area contributed by atoms with Gasteiger partial charge in [-0.1, -0.05) is 19.0 Å². The number of aryl methyl sites for hydroxylation is 1. The number of hydrogen-bond acceptors (Lipinski definition) is 5.